The number of halogens is 1. The van der Waals surface area contributed by atoms with Crippen molar-refractivity contribution in [3.05, 3.63) is 46.8 Å². The first-order valence-corrected chi connectivity index (χ1v) is 11.1. The van der Waals surface area contributed by atoms with Gasteiger partial charge < -0.3 is 15.2 Å². The number of ketones is 1. The molecule has 4 atom stereocenters. The first kappa shape index (κ1) is 20.8. The topological polar surface area (TPSA) is 93.1 Å². The molecule has 2 amide bonds. The van der Waals surface area contributed by atoms with Crippen LogP contribution in [0.25, 0.3) is 0 Å². The van der Waals surface area contributed by atoms with Crippen molar-refractivity contribution < 1.29 is 18.8 Å². The molecule has 2 unspecified atom stereocenters. The van der Waals surface area contributed by atoms with Gasteiger partial charge in [0.15, 0.2) is 0 Å². The second kappa shape index (κ2) is 7.25. The molecule has 7 nitrogen and oxygen atoms in total. The number of hydrogen-bond acceptors (Lipinski definition) is 4. The van der Waals surface area contributed by atoms with E-state index in [9.17, 15) is 18.8 Å². The number of Topliss-reactive ketones (excluding diaryl/α,β-unsaturated/α-hetero) is 1. The van der Waals surface area contributed by atoms with E-state index in [1.54, 1.807) is 25.5 Å². The number of nitrogens with one attached hydrogen (secondary N) is 2. The highest BCUT2D eigenvalue weighted by Gasteiger charge is 2.58. The smallest absolute Gasteiger partial charge is 0.294 e. The fourth-order valence-electron chi connectivity index (χ4n) is 6.70. The van der Waals surface area contributed by atoms with Crippen molar-refractivity contribution in [2.75, 3.05) is 5.32 Å². The maximum atomic E-state index is 13.4. The second-order valence-electron chi connectivity index (χ2n) is 9.80. The lowest BCUT2D eigenvalue weighted by Crippen LogP contribution is -2.51. The Labute approximate surface area is 185 Å². The summed E-state index contributed by atoms with van der Waals surface area (Å²) in [4.78, 5) is 42.7. The van der Waals surface area contributed by atoms with E-state index in [4.69, 9.17) is 0 Å². The number of carbonyl (C=O) groups is 3. The third-order valence-corrected chi connectivity index (χ3v) is 7.92. The summed E-state index contributed by atoms with van der Waals surface area (Å²) in [5.41, 5.74) is 1.54. The Morgan fingerprint density at radius 3 is 2.50 bits per heavy atom. The summed E-state index contributed by atoms with van der Waals surface area (Å²) in [6.45, 7) is 3.39. The van der Waals surface area contributed by atoms with E-state index >= 15 is 0 Å². The third-order valence-electron chi connectivity index (χ3n) is 7.92. The van der Waals surface area contributed by atoms with Crippen LogP contribution < -0.4 is 10.6 Å². The number of anilines is 1. The fourth-order valence-corrected chi connectivity index (χ4v) is 6.70. The molecule has 6 rings (SSSR count). The Balaban J connectivity index is 1.38. The predicted octanol–water partition coefficient (Wildman–Crippen LogP) is 3.31. The fraction of sp³-hybridized carbons (Fsp3) is 0.500. The zero-order chi connectivity index (χ0) is 22.8. The maximum absolute atomic E-state index is 13.4. The lowest BCUT2D eigenvalue weighted by atomic mass is 9.80. The number of pyridine rings is 1. The number of carbonyl (C=O) groups excluding carboxylic acids is 3. The van der Waals surface area contributed by atoms with Gasteiger partial charge in [-0.1, -0.05) is 0 Å². The summed E-state index contributed by atoms with van der Waals surface area (Å²) < 4.78 is 15.0. The Morgan fingerprint density at radius 1 is 1.16 bits per heavy atom. The quantitative estimate of drug-likeness (QED) is 0.426. The minimum Gasteiger partial charge on any atom is -0.344 e. The highest BCUT2D eigenvalue weighted by molar-refractivity contribution is 6.43. The molecular weight excluding hydrogens is 411 g/mol. The molecule has 0 aliphatic heterocycles. The summed E-state index contributed by atoms with van der Waals surface area (Å²) in [5, 5.41) is 5.76. The average molecular weight is 439 g/mol. The van der Waals surface area contributed by atoms with Crippen LogP contribution in [0.4, 0.5) is 10.1 Å². The normalized spacial score (nSPS) is 27.6. The molecule has 0 aromatic carbocycles. The molecular formula is C24H27FN4O3. The van der Waals surface area contributed by atoms with Gasteiger partial charge in [-0.25, -0.2) is 4.98 Å². The Kier molecular flexibility index (Phi) is 4.72. The van der Waals surface area contributed by atoms with Gasteiger partial charge in [-0.3, -0.25) is 14.4 Å². The van der Waals surface area contributed by atoms with Crippen molar-refractivity contribution in [1.29, 1.82) is 0 Å². The SMILES string of the molecule is Cc1c(C(=O)Nc2ccnc(F)c2)c(C)n(C)c1C(=O)C(=O)NC12C[C@@H]3CC1C[C@@H](C3)C2. The van der Waals surface area contributed by atoms with Crippen LogP contribution in [0.2, 0.25) is 0 Å². The van der Waals surface area contributed by atoms with E-state index in [0.717, 1.165) is 31.7 Å². The van der Waals surface area contributed by atoms with Crippen molar-refractivity contribution in [2.24, 2.45) is 24.8 Å². The molecule has 0 saturated heterocycles. The largest absolute Gasteiger partial charge is 0.344 e. The number of aromatic nitrogens is 2. The van der Waals surface area contributed by atoms with Gasteiger partial charge >= 0.3 is 0 Å². The molecule has 8 heteroatoms. The van der Waals surface area contributed by atoms with E-state index < -0.39 is 23.5 Å². The Bertz CT molecular complexity index is 1140. The molecule has 0 spiro atoms. The summed E-state index contributed by atoms with van der Waals surface area (Å²) in [5.74, 6) is -0.587. The molecule has 4 saturated carbocycles. The second-order valence-corrected chi connectivity index (χ2v) is 9.80. The van der Waals surface area contributed by atoms with Crippen LogP contribution >= 0.6 is 0 Å². The zero-order valence-electron chi connectivity index (χ0n) is 18.5. The first-order valence-electron chi connectivity index (χ1n) is 11.1. The van der Waals surface area contributed by atoms with Gasteiger partial charge in [0.1, 0.15) is 0 Å². The van der Waals surface area contributed by atoms with Gasteiger partial charge in [-0.15, -0.1) is 0 Å². The molecule has 2 N–H and O–H groups in total. The molecule has 2 aromatic rings. The minimum absolute atomic E-state index is 0.208. The van der Waals surface area contributed by atoms with E-state index in [2.05, 4.69) is 15.6 Å². The van der Waals surface area contributed by atoms with E-state index in [1.807, 2.05) is 0 Å². The van der Waals surface area contributed by atoms with Crippen LogP contribution in [0, 0.1) is 37.5 Å². The van der Waals surface area contributed by atoms with Gasteiger partial charge in [0.25, 0.3) is 17.6 Å². The van der Waals surface area contributed by atoms with Crippen molar-refractivity contribution in [3.63, 3.8) is 0 Å². The molecule has 168 valence electrons. The van der Waals surface area contributed by atoms with E-state index in [1.165, 1.54) is 18.7 Å². The Hall–Kier alpha value is -3.03. The van der Waals surface area contributed by atoms with Crippen LogP contribution in [0.15, 0.2) is 18.3 Å². The molecule has 32 heavy (non-hydrogen) atoms. The van der Waals surface area contributed by atoms with Gasteiger partial charge in [0, 0.05) is 36.2 Å². The van der Waals surface area contributed by atoms with Gasteiger partial charge in [-0.2, -0.15) is 4.39 Å². The number of amides is 2. The van der Waals surface area contributed by atoms with E-state index in [-0.39, 0.29) is 16.9 Å². The van der Waals surface area contributed by atoms with Gasteiger partial charge in [-0.05, 0) is 75.3 Å². The van der Waals surface area contributed by atoms with Crippen molar-refractivity contribution in [3.8, 4) is 0 Å². The summed E-state index contributed by atoms with van der Waals surface area (Å²) in [6, 6.07) is 2.60. The van der Waals surface area contributed by atoms with Crippen molar-refractivity contribution in [1.82, 2.24) is 14.9 Å². The van der Waals surface area contributed by atoms with Gasteiger partial charge in [0.05, 0.1) is 11.3 Å². The third kappa shape index (κ3) is 3.15. The number of nitrogens with zero attached hydrogens (tertiary/aromatic N) is 2. The first-order chi connectivity index (χ1) is 15.2. The molecule has 4 fully saturated rings. The van der Waals surface area contributed by atoms with Crippen LogP contribution in [-0.2, 0) is 11.8 Å². The van der Waals surface area contributed by atoms with Crippen LogP contribution in [-0.4, -0.2) is 32.7 Å². The van der Waals surface area contributed by atoms with Crippen LogP contribution in [0.5, 0.6) is 0 Å². The van der Waals surface area contributed by atoms with Crippen molar-refractivity contribution >= 4 is 23.3 Å². The molecule has 4 aliphatic rings. The van der Waals surface area contributed by atoms with Crippen molar-refractivity contribution in [2.45, 2.75) is 51.5 Å². The lowest BCUT2D eigenvalue weighted by Gasteiger charge is -2.33. The summed E-state index contributed by atoms with van der Waals surface area (Å²) in [7, 11) is 1.67. The standard InChI is InChI=1S/C24H27FN4O3/c1-12-19(22(31)27-17-4-5-26-18(25)9-17)13(2)29(3)20(12)21(30)23(32)28-24-10-14-6-15(11-24)8-16(24)7-14/h4-5,9,14-16H,6-8,10-11H2,1-3H3,(H,28,32)(H,26,27,31)/t14-,15+,16?,24?. The lowest BCUT2D eigenvalue weighted by molar-refractivity contribution is -0.119. The van der Waals surface area contributed by atoms with Gasteiger partial charge in [0.2, 0.25) is 5.95 Å². The zero-order valence-corrected chi connectivity index (χ0v) is 18.5. The van der Waals surface area contributed by atoms with Crippen LogP contribution in [0.3, 0.4) is 0 Å². The molecule has 4 aliphatic carbocycles. The van der Waals surface area contributed by atoms with Crippen LogP contribution in [0.1, 0.15) is 64.2 Å². The monoisotopic (exact) mass is 438 g/mol. The molecule has 4 bridgehead atoms. The predicted molar refractivity (Wildman–Crippen MR) is 116 cm³/mol. The average Bonchev–Trinajstić information content (AvgIpc) is 3.20. The number of rotatable bonds is 5. The van der Waals surface area contributed by atoms with E-state index in [0.29, 0.717) is 34.6 Å². The highest BCUT2D eigenvalue weighted by atomic mass is 19.1. The minimum atomic E-state index is -0.703. The molecule has 2 heterocycles. The highest BCUT2D eigenvalue weighted by Crippen LogP contribution is 2.60. The summed E-state index contributed by atoms with van der Waals surface area (Å²) >= 11 is 0. The maximum Gasteiger partial charge on any atom is 0.294 e. The summed E-state index contributed by atoms with van der Waals surface area (Å²) in [6.07, 6.45) is 6.74. The molecule has 0 radical (unpaired) electrons. The Morgan fingerprint density at radius 2 is 1.84 bits per heavy atom. The number of hydrogen-bond donors (Lipinski definition) is 2. The molecule has 2 aromatic heterocycles.